The Morgan fingerprint density at radius 1 is 1.15 bits per heavy atom. The largest absolute Gasteiger partial charge is 0.347 e. The van der Waals surface area contributed by atoms with Crippen molar-refractivity contribution in [2.24, 2.45) is 0 Å². The van der Waals surface area contributed by atoms with Gasteiger partial charge in [-0.2, -0.15) is 0 Å². The third kappa shape index (κ3) is 5.59. The van der Waals surface area contributed by atoms with E-state index in [1.807, 2.05) is 53.7 Å². The number of nitrogens with one attached hydrogen (secondary N) is 1. The molecular formula is C21H26N2O2S2. The Balaban J connectivity index is 1.56. The maximum Gasteiger partial charge on any atom is 0.252 e. The summed E-state index contributed by atoms with van der Waals surface area (Å²) < 4.78 is 0. The highest BCUT2D eigenvalue weighted by atomic mass is 32.2. The minimum atomic E-state index is -0.0976. The third-order valence-electron chi connectivity index (χ3n) is 5.00. The Labute approximate surface area is 169 Å². The van der Waals surface area contributed by atoms with Crippen LogP contribution < -0.4 is 5.32 Å². The molecule has 0 radical (unpaired) electrons. The first-order valence-electron chi connectivity index (χ1n) is 9.43. The lowest BCUT2D eigenvalue weighted by Gasteiger charge is -2.31. The Kier molecular flexibility index (Phi) is 7.35. The molecule has 144 valence electrons. The third-order valence-corrected chi connectivity index (χ3v) is 6.94. The summed E-state index contributed by atoms with van der Waals surface area (Å²) in [7, 11) is 1.92. The van der Waals surface area contributed by atoms with E-state index in [2.05, 4.69) is 5.32 Å². The van der Waals surface area contributed by atoms with Crippen LogP contribution in [0.4, 0.5) is 0 Å². The molecule has 3 rings (SSSR count). The van der Waals surface area contributed by atoms with Gasteiger partial charge in [-0.15, -0.1) is 23.1 Å². The topological polar surface area (TPSA) is 49.4 Å². The summed E-state index contributed by atoms with van der Waals surface area (Å²) in [6, 6.07) is 11.9. The fourth-order valence-corrected chi connectivity index (χ4v) is 4.99. The molecule has 27 heavy (non-hydrogen) atoms. The van der Waals surface area contributed by atoms with Gasteiger partial charge in [0.1, 0.15) is 0 Å². The fourth-order valence-electron chi connectivity index (χ4n) is 3.37. The van der Waals surface area contributed by atoms with Gasteiger partial charge >= 0.3 is 0 Å². The van der Waals surface area contributed by atoms with E-state index in [1.54, 1.807) is 11.3 Å². The highest BCUT2D eigenvalue weighted by Gasteiger charge is 2.22. The standard InChI is InChI=1S/C21H26N2O2S2/c1-23(16-8-3-2-4-9-16)20(24)15-27-19-12-6-5-11-18(19)21(25)22-14-17-10-7-13-26-17/h5-7,10-13,16H,2-4,8-9,14-15H2,1H3,(H,22,25). The monoisotopic (exact) mass is 402 g/mol. The molecule has 0 unspecified atom stereocenters. The first-order chi connectivity index (χ1) is 13.1. The van der Waals surface area contributed by atoms with E-state index < -0.39 is 0 Å². The molecule has 1 saturated carbocycles. The van der Waals surface area contributed by atoms with Crippen LogP contribution in [0.5, 0.6) is 0 Å². The SMILES string of the molecule is CN(C(=O)CSc1ccccc1C(=O)NCc1cccs1)C1CCCCC1. The lowest BCUT2D eigenvalue weighted by molar-refractivity contribution is -0.129. The van der Waals surface area contributed by atoms with Gasteiger partial charge in [0, 0.05) is 22.9 Å². The van der Waals surface area contributed by atoms with Crippen LogP contribution in [0.15, 0.2) is 46.7 Å². The lowest BCUT2D eigenvalue weighted by Crippen LogP contribution is -2.39. The van der Waals surface area contributed by atoms with Gasteiger partial charge in [-0.05, 0) is 36.4 Å². The zero-order valence-corrected chi connectivity index (χ0v) is 17.3. The van der Waals surface area contributed by atoms with Gasteiger partial charge in [0.2, 0.25) is 5.91 Å². The number of hydrogen-bond donors (Lipinski definition) is 1. The molecule has 6 heteroatoms. The summed E-state index contributed by atoms with van der Waals surface area (Å²) in [4.78, 5) is 29.0. The molecule has 4 nitrogen and oxygen atoms in total. The fraction of sp³-hybridized carbons (Fsp3) is 0.429. The molecule has 0 bridgehead atoms. The van der Waals surface area contributed by atoms with Gasteiger partial charge in [0.25, 0.3) is 5.91 Å². The molecule has 1 N–H and O–H groups in total. The summed E-state index contributed by atoms with van der Waals surface area (Å²) in [6.45, 7) is 0.527. The van der Waals surface area contributed by atoms with Gasteiger partial charge in [0.15, 0.2) is 0 Å². The minimum Gasteiger partial charge on any atom is -0.347 e. The number of amides is 2. The van der Waals surface area contributed by atoms with Gasteiger partial charge in [0.05, 0.1) is 17.9 Å². The van der Waals surface area contributed by atoms with E-state index in [-0.39, 0.29) is 11.8 Å². The average Bonchev–Trinajstić information content (AvgIpc) is 3.24. The summed E-state index contributed by atoms with van der Waals surface area (Å²) >= 11 is 3.07. The van der Waals surface area contributed by atoms with E-state index in [1.165, 1.54) is 31.0 Å². The molecule has 1 aliphatic carbocycles. The second-order valence-electron chi connectivity index (χ2n) is 6.84. The smallest absolute Gasteiger partial charge is 0.252 e. The van der Waals surface area contributed by atoms with Gasteiger partial charge in [-0.3, -0.25) is 9.59 Å². The number of nitrogens with zero attached hydrogens (tertiary/aromatic N) is 1. The van der Waals surface area contributed by atoms with E-state index in [9.17, 15) is 9.59 Å². The molecule has 0 saturated heterocycles. The molecule has 1 aromatic carbocycles. The quantitative estimate of drug-likeness (QED) is 0.691. The molecule has 0 aliphatic heterocycles. The number of carbonyl (C=O) groups is 2. The predicted octanol–water partition coefficient (Wildman–Crippen LogP) is 4.56. The molecule has 2 amide bonds. The van der Waals surface area contributed by atoms with Crippen LogP contribution in [0, 0.1) is 0 Å². The minimum absolute atomic E-state index is 0.0976. The summed E-state index contributed by atoms with van der Waals surface area (Å²) in [5, 5.41) is 4.97. The molecule has 1 aliphatic rings. The molecule has 1 fully saturated rings. The van der Waals surface area contributed by atoms with Crippen LogP contribution in [0.2, 0.25) is 0 Å². The van der Waals surface area contributed by atoms with Gasteiger partial charge in [-0.25, -0.2) is 0 Å². The highest BCUT2D eigenvalue weighted by molar-refractivity contribution is 8.00. The van der Waals surface area contributed by atoms with Crippen molar-refractivity contribution in [3.63, 3.8) is 0 Å². The molecule has 1 aromatic heterocycles. The zero-order chi connectivity index (χ0) is 19.1. The molecule has 2 aromatic rings. The van der Waals surface area contributed by atoms with Crippen LogP contribution >= 0.6 is 23.1 Å². The molecular weight excluding hydrogens is 376 g/mol. The summed E-state index contributed by atoms with van der Waals surface area (Å²) in [5.41, 5.74) is 0.632. The Hall–Kier alpha value is -1.79. The van der Waals surface area contributed by atoms with E-state index in [4.69, 9.17) is 0 Å². The molecule has 1 heterocycles. The maximum absolute atomic E-state index is 12.6. The van der Waals surface area contributed by atoms with Crippen molar-refractivity contribution in [2.75, 3.05) is 12.8 Å². The van der Waals surface area contributed by atoms with E-state index in [0.29, 0.717) is 23.9 Å². The average molecular weight is 403 g/mol. The van der Waals surface area contributed by atoms with Crippen molar-refractivity contribution < 1.29 is 9.59 Å². The zero-order valence-electron chi connectivity index (χ0n) is 15.6. The van der Waals surface area contributed by atoms with Crippen molar-refractivity contribution in [2.45, 2.75) is 49.6 Å². The highest BCUT2D eigenvalue weighted by Crippen LogP contribution is 2.26. The molecule has 0 atom stereocenters. The van der Waals surface area contributed by atoms with Crippen molar-refractivity contribution >= 4 is 34.9 Å². The van der Waals surface area contributed by atoms with Crippen molar-refractivity contribution in [3.8, 4) is 0 Å². The summed E-state index contributed by atoms with van der Waals surface area (Å²) in [5.74, 6) is 0.405. The van der Waals surface area contributed by atoms with Crippen molar-refractivity contribution in [1.29, 1.82) is 0 Å². The second-order valence-corrected chi connectivity index (χ2v) is 8.89. The van der Waals surface area contributed by atoms with Crippen molar-refractivity contribution in [3.05, 3.63) is 52.2 Å². The van der Waals surface area contributed by atoms with Crippen LogP contribution in [-0.4, -0.2) is 35.6 Å². The first kappa shape index (κ1) is 20.0. The number of carbonyl (C=O) groups excluding carboxylic acids is 2. The molecule has 0 spiro atoms. The first-order valence-corrected chi connectivity index (χ1v) is 11.3. The Morgan fingerprint density at radius 3 is 2.67 bits per heavy atom. The lowest BCUT2D eigenvalue weighted by atomic mass is 9.94. The van der Waals surface area contributed by atoms with Crippen LogP contribution in [0.3, 0.4) is 0 Å². The van der Waals surface area contributed by atoms with Crippen LogP contribution in [-0.2, 0) is 11.3 Å². The Bertz CT molecular complexity index is 755. The number of rotatable bonds is 7. The van der Waals surface area contributed by atoms with E-state index >= 15 is 0 Å². The Morgan fingerprint density at radius 2 is 1.93 bits per heavy atom. The van der Waals surface area contributed by atoms with Crippen LogP contribution in [0.25, 0.3) is 0 Å². The number of thioether (sulfide) groups is 1. The maximum atomic E-state index is 12.6. The normalized spacial score (nSPS) is 14.7. The summed E-state index contributed by atoms with van der Waals surface area (Å²) in [6.07, 6.45) is 5.91. The van der Waals surface area contributed by atoms with Gasteiger partial charge < -0.3 is 10.2 Å². The van der Waals surface area contributed by atoms with E-state index in [0.717, 1.165) is 22.6 Å². The predicted molar refractivity (Wildman–Crippen MR) is 112 cm³/mol. The second kappa shape index (κ2) is 9.95. The number of hydrogen-bond acceptors (Lipinski definition) is 4. The number of benzene rings is 1. The van der Waals surface area contributed by atoms with Gasteiger partial charge in [-0.1, -0.05) is 37.5 Å². The number of thiophene rings is 1. The van der Waals surface area contributed by atoms with Crippen molar-refractivity contribution in [1.82, 2.24) is 10.2 Å². The van der Waals surface area contributed by atoms with Crippen LogP contribution in [0.1, 0.15) is 47.3 Å².